The van der Waals surface area contributed by atoms with Crippen LogP contribution in [-0.4, -0.2) is 87.8 Å². The molecule has 0 bridgehead atoms. The number of hydrogen-bond donors (Lipinski definition) is 0. The van der Waals surface area contributed by atoms with Crippen molar-refractivity contribution in [2.24, 2.45) is 0 Å². The average molecular weight is 830 g/mol. The van der Waals surface area contributed by atoms with Crippen LogP contribution in [0.5, 0.6) is 0 Å². The Morgan fingerprint density at radius 2 is 0.667 bits per heavy atom. The van der Waals surface area contributed by atoms with Gasteiger partial charge in [-0.3, -0.25) is 9.69 Å². The van der Waals surface area contributed by atoms with Gasteiger partial charge in [0.15, 0.2) is 6.67 Å². The molecular weight excluding hydrogens is 728 g/mol. The SMILES string of the molecule is CCCCCCCCCCCCOCCC[N+](CCCOCCCCCCCCCCCC)(CCCOCCCCCCCCCCCC)CN1CCCC1=O.[Cl-]. The van der Waals surface area contributed by atoms with E-state index < -0.39 is 0 Å². The van der Waals surface area contributed by atoms with Crippen LogP contribution in [0.2, 0.25) is 0 Å². The second kappa shape index (κ2) is 45.1. The van der Waals surface area contributed by atoms with Gasteiger partial charge in [0.25, 0.3) is 0 Å². The molecule has 0 aromatic rings. The van der Waals surface area contributed by atoms with E-state index in [1.54, 1.807) is 0 Å². The summed E-state index contributed by atoms with van der Waals surface area (Å²) in [6.07, 6.45) is 45.7. The van der Waals surface area contributed by atoms with E-state index in [0.29, 0.717) is 12.3 Å². The predicted octanol–water partition coefficient (Wildman–Crippen LogP) is 11.4. The van der Waals surface area contributed by atoms with Gasteiger partial charge in [-0.05, 0) is 25.7 Å². The van der Waals surface area contributed by atoms with E-state index in [9.17, 15) is 4.79 Å². The van der Waals surface area contributed by atoms with E-state index in [-0.39, 0.29) is 12.4 Å². The first kappa shape index (κ1) is 56.6. The van der Waals surface area contributed by atoms with E-state index in [2.05, 4.69) is 25.7 Å². The summed E-state index contributed by atoms with van der Waals surface area (Å²) < 4.78 is 19.6. The molecule has 1 heterocycles. The summed E-state index contributed by atoms with van der Waals surface area (Å²) in [4.78, 5) is 15.1. The maximum absolute atomic E-state index is 12.9. The van der Waals surface area contributed by atoms with Crippen LogP contribution in [0.25, 0.3) is 0 Å². The minimum absolute atomic E-state index is 0. The van der Waals surface area contributed by atoms with Crippen LogP contribution in [0.4, 0.5) is 0 Å². The van der Waals surface area contributed by atoms with E-state index in [4.69, 9.17) is 14.2 Å². The number of halogens is 1. The predicted molar refractivity (Wildman–Crippen MR) is 243 cm³/mol. The topological polar surface area (TPSA) is 48.0 Å². The Morgan fingerprint density at radius 1 is 0.404 bits per heavy atom. The van der Waals surface area contributed by atoms with Gasteiger partial charge in [-0.15, -0.1) is 0 Å². The molecular formula is C50H101ClN2O4. The first-order valence-electron chi connectivity index (χ1n) is 25.5. The fourth-order valence-electron chi connectivity index (χ4n) is 8.65. The molecule has 1 aliphatic rings. The highest BCUT2D eigenvalue weighted by molar-refractivity contribution is 5.77. The monoisotopic (exact) mass is 829 g/mol. The molecule has 0 N–H and O–H groups in total. The summed E-state index contributed by atoms with van der Waals surface area (Å²) in [6.45, 7) is 17.0. The molecule has 1 fully saturated rings. The number of carbonyl (C=O) groups excluding carboxylic acids is 1. The van der Waals surface area contributed by atoms with Crippen molar-refractivity contribution in [3.8, 4) is 0 Å². The van der Waals surface area contributed by atoms with Gasteiger partial charge in [0.2, 0.25) is 5.91 Å². The number of likely N-dealkylation sites (tertiary alicyclic amines) is 1. The number of carbonyl (C=O) groups is 1. The Labute approximate surface area is 363 Å². The molecule has 0 aromatic carbocycles. The van der Waals surface area contributed by atoms with Gasteiger partial charge >= 0.3 is 0 Å². The van der Waals surface area contributed by atoms with Crippen LogP contribution in [-0.2, 0) is 19.0 Å². The molecule has 0 saturated carbocycles. The van der Waals surface area contributed by atoms with Gasteiger partial charge in [-0.25, -0.2) is 0 Å². The van der Waals surface area contributed by atoms with Crippen LogP contribution < -0.4 is 12.4 Å². The smallest absolute Gasteiger partial charge is 0.226 e. The fraction of sp³-hybridized carbons (Fsp3) is 0.980. The zero-order valence-corrected chi connectivity index (χ0v) is 39.7. The van der Waals surface area contributed by atoms with Gasteiger partial charge in [0.05, 0.1) is 39.5 Å². The van der Waals surface area contributed by atoms with Gasteiger partial charge < -0.3 is 31.1 Å². The Bertz CT molecular complexity index is 723. The lowest BCUT2D eigenvalue weighted by molar-refractivity contribution is -0.936. The molecule has 342 valence electrons. The molecule has 1 rings (SSSR count). The Balaban J connectivity index is 0.0000314. The molecule has 6 nitrogen and oxygen atoms in total. The summed E-state index contributed by atoms with van der Waals surface area (Å²) in [7, 11) is 0. The Kier molecular flexibility index (Phi) is 44.8. The number of ether oxygens (including phenoxy) is 3. The molecule has 0 unspecified atom stereocenters. The summed E-state index contributed by atoms with van der Waals surface area (Å²) in [5.74, 6) is 0.346. The first-order chi connectivity index (χ1) is 27.7. The van der Waals surface area contributed by atoms with Crippen molar-refractivity contribution in [2.75, 3.05) is 72.5 Å². The number of rotatable bonds is 47. The van der Waals surface area contributed by atoms with Crippen LogP contribution >= 0.6 is 0 Å². The minimum atomic E-state index is 0. The van der Waals surface area contributed by atoms with E-state index in [1.165, 1.54) is 193 Å². The third-order valence-corrected chi connectivity index (χ3v) is 12.3. The third-order valence-electron chi connectivity index (χ3n) is 12.3. The van der Waals surface area contributed by atoms with Gasteiger partial charge in [-0.1, -0.05) is 194 Å². The molecule has 0 radical (unpaired) electrons. The first-order valence-corrected chi connectivity index (χ1v) is 25.5. The highest BCUT2D eigenvalue weighted by Crippen LogP contribution is 2.20. The van der Waals surface area contributed by atoms with Crippen molar-refractivity contribution in [2.45, 2.75) is 245 Å². The quantitative estimate of drug-likeness (QED) is 0.0453. The van der Waals surface area contributed by atoms with Gasteiger partial charge in [0.1, 0.15) is 0 Å². The number of unbranched alkanes of at least 4 members (excludes halogenated alkanes) is 27. The number of nitrogens with zero attached hydrogens (tertiary/aromatic N) is 2. The minimum Gasteiger partial charge on any atom is -1.00 e. The second-order valence-electron chi connectivity index (χ2n) is 17.9. The molecule has 0 atom stereocenters. The molecule has 1 aliphatic heterocycles. The third kappa shape index (κ3) is 37.1. The van der Waals surface area contributed by atoms with Crippen molar-refractivity contribution < 1.29 is 35.9 Å². The summed E-state index contributed by atoms with van der Waals surface area (Å²) in [5.41, 5.74) is 0. The van der Waals surface area contributed by atoms with Gasteiger partial charge in [0, 0.05) is 52.0 Å². The zero-order valence-electron chi connectivity index (χ0n) is 38.9. The molecule has 1 amide bonds. The lowest BCUT2D eigenvalue weighted by atomic mass is 10.1. The van der Waals surface area contributed by atoms with Crippen molar-refractivity contribution in [3.05, 3.63) is 0 Å². The maximum Gasteiger partial charge on any atom is 0.226 e. The molecule has 0 spiro atoms. The van der Waals surface area contributed by atoms with Crippen molar-refractivity contribution >= 4 is 5.91 Å². The van der Waals surface area contributed by atoms with Crippen molar-refractivity contribution in [1.82, 2.24) is 4.90 Å². The Hall–Kier alpha value is -0.400. The lowest BCUT2D eigenvalue weighted by Gasteiger charge is -2.41. The molecule has 0 aliphatic carbocycles. The van der Waals surface area contributed by atoms with E-state index in [0.717, 1.165) is 103 Å². The zero-order chi connectivity index (χ0) is 40.3. The standard InChI is InChI=1S/C50H101N2O4.ClH/c1-4-7-10-13-16-19-22-25-28-31-43-54-46-35-40-52(49-51-39-34-38-50(51)53,41-36-47-55-44-32-29-26-23-20-17-14-11-8-5-2)42-37-48-56-45-33-30-27-24-21-18-15-12-9-6-3;/h4-49H2,1-3H3;1H/q+1;/p-1. The number of hydrogen-bond acceptors (Lipinski definition) is 4. The molecule has 7 heteroatoms. The summed E-state index contributed by atoms with van der Waals surface area (Å²) in [6, 6.07) is 0. The maximum atomic E-state index is 12.9. The van der Waals surface area contributed by atoms with Crippen LogP contribution in [0.1, 0.15) is 245 Å². The van der Waals surface area contributed by atoms with E-state index in [1.807, 2.05) is 0 Å². The van der Waals surface area contributed by atoms with Crippen LogP contribution in [0, 0.1) is 0 Å². The summed E-state index contributed by atoms with van der Waals surface area (Å²) in [5, 5.41) is 0. The normalized spacial score (nSPS) is 13.2. The van der Waals surface area contributed by atoms with Crippen molar-refractivity contribution in [3.63, 3.8) is 0 Å². The van der Waals surface area contributed by atoms with Crippen LogP contribution in [0.15, 0.2) is 0 Å². The molecule has 1 saturated heterocycles. The molecule has 57 heavy (non-hydrogen) atoms. The average Bonchev–Trinajstić information content (AvgIpc) is 3.61. The number of amides is 1. The molecule has 0 aromatic heterocycles. The van der Waals surface area contributed by atoms with Crippen molar-refractivity contribution in [1.29, 1.82) is 0 Å². The van der Waals surface area contributed by atoms with Crippen LogP contribution in [0.3, 0.4) is 0 Å². The summed E-state index contributed by atoms with van der Waals surface area (Å²) >= 11 is 0. The van der Waals surface area contributed by atoms with Gasteiger partial charge in [-0.2, -0.15) is 0 Å². The van der Waals surface area contributed by atoms with E-state index >= 15 is 0 Å². The highest BCUT2D eigenvalue weighted by atomic mass is 35.5. The highest BCUT2D eigenvalue weighted by Gasteiger charge is 2.33. The number of quaternary nitrogens is 1. The Morgan fingerprint density at radius 3 is 0.930 bits per heavy atom. The second-order valence-corrected chi connectivity index (χ2v) is 17.9. The lowest BCUT2D eigenvalue weighted by Crippen LogP contribution is -3.00. The largest absolute Gasteiger partial charge is 1.00 e. The fourth-order valence-corrected chi connectivity index (χ4v) is 8.65.